The van der Waals surface area contributed by atoms with E-state index in [4.69, 9.17) is 14.0 Å². The van der Waals surface area contributed by atoms with Crippen LogP contribution in [0.15, 0.2) is 4.52 Å². The number of nitrogens with zero attached hydrogens (tertiary/aromatic N) is 2. The van der Waals surface area contributed by atoms with Crippen molar-refractivity contribution in [3.63, 3.8) is 0 Å². The van der Waals surface area contributed by atoms with Crippen LogP contribution in [-0.4, -0.2) is 42.6 Å². The van der Waals surface area contributed by atoms with Gasteiger partial charge in [0.1, 0.15) is 0 Å². The van der Waals surface area contributed by atoms with Crippen LogP contribution in [0.25, 0.3) is 0 Å². The molecule has 0 unspecified atom stereocenters. The lowest BCUT2D eigenvalue weighted by Crippen LogP contribution is -2.26. The number of nitrogens with one attached hydrogen (secondary N) is 1. The molecular formula is C11H21N3O3. The van der Waals surface area contributed by atoms with Gasteiger partial charge in [-0.2, -0.15) is 4.98 Å². The number of aromatic nitrogens is 2. The summed E-state index contributed by atoms with van der Waals surface area (Å²) in [6, 6.07) is 0.449. The molecule has 1 N–H and O–H groups in total. The van der Waals surface area contributed by atoms with Crippen LogP contribution in [0.5, 0.6) is 0 Å². The molecule has 0 aromatic carbocycles. The fourth-order valence-corrected chi connectivity index (χ4v) is 1.13. The van der Waals surface area contributed by atoms with Crippen molar-refractivity contribution in [2.75, 3.05) is 32.2 Å². The Hall–Kier alpha value is -1.14. The molecule has 0 aliphatic rings. The quantitative estimate of drug-likeness (QED) is 0.732. The molecule has 0 atom stereocenters. The maximum atomic E-state index is 5.32. The summed E-state index contributed by atoms with van der Waals surface area (Å²) in [7, 11) is 1.65. The third-order valence-electron chi connectivity index (χ3n) is 1.85. The fourth-order valence-electron chi connectivity index (χ4n) is 1.13. The molecule has 17 heavy (non-hydrogen) atoms. The molecule has 1 heterocycles. The molecule has 0 aliphatic carbocycles. The normalized spacial score (nSPS) is 11.8. The standard InChI is InChI=1S/C11H21N3O3/c1-11(2,3)13-10-12-9(14-17-10)5-6-16-8-7-15-4/h5-8H2,1-4H3,(H,12,13,14). The number of rotatable bonds is 7. The lowest BCUT2D eigenvalue weighted by molar-refractivity contribution is 0.0714. The molecule has 0 amide bonds. The number of ether oxygens (including phenoxy) is 2. The molecule has 1 aromatic rings. The molecule has 0 saturated carbocycles. The van der Waals surface area contributed by atoms with E-state index >= 15 is 0 Å². The van der Waals surface area contributed by atoms with Gasteiger partial charge in [-0.05, 0) is 20.8 Å². The van der Waals surface area contributed by atoms with Gasteiger partial charge in [-0.15, -0.1) is 0 Å². The average Bonchev–Trinajstić information content (AvgIpc) is 2.63. The van der Waals surface area contributed by atoms with Crippen LogP contribution in [-0.2, 0) is 15.9 Å². The minimum absolute atomic E-state index is 0.0846. The summed E-state index contributed by atoms with van der Waals surface area (Å²) >= 11 is 0. The Morgan fingerprint density at radius 1 is 1.24 bits per heavy atom. The molecule has 0 spiro atoms. The van der Waals surface area contributed by atoms with E-state index in [0.29, 0.717) is 38.1 Å². The number of anilines is 1. The number of hydrogen-bond donors (Lipinski definition) is 1. The average molecular weight is 243 g/mol. The zero-order valence-electron chi connectivity index (χ0n) is 10.9. The van der Waals surface area contributed by atoms with Crippen LogP contribution < -0.4 is 5.32 Å². The van der Waals surface area contributed by atoms with Gasteiger partial charge in [0.25, 0.3) is 0 Å². The third-order valence-corrected chi connectivity index (χ3v) is 1.85. The Morgan fingerprint density at radius 3 is 2.65 bits per heavy atom. The predicted molar refractivity (Wildman–Crippen MR) is 64.1 cm³/mol. The second-order valence-electron chi connectivity index (χ2n) is 4.75. The van der Waals surface area contributed by atoms with E-state index in [-0.39, 0.29) is 5.54 Å². The minimum atomic E-state index is -0.0846. The molecule has 6 heteroatoms. The first kappa shape index (κ1) is 13.9. The van der Waals surface area contributed by atoms with Crippen molar-refractivity contribution >= 4 is 6.01 Å². The SMILES string of the molecule is COCCOCCc1noc(NC(C)(C)C)n1. The van der Waals surface area contributed by atoms with Crippen molar-refractivity contribution in [3.05, 3.63) is 5.82 Å². The zero-order valence-corrected chi connectivity index (χ0v) is 10.9. The van der Waals surface area contributed by atoms with Crippen molar-refractivity contribution in [2.45, 2.75) is 32.7 Å². The second kappa shape index (κ2) is 6.56. The topological polar surface area (TPSA) is 69.4 Å². The van der Waals surface area contributed by atoms with Gasteiger partial charge in [0.2, 0.25) is 0 Å². The summed E-state index contributed by atoms with van der Waals surface area (Å²) in [4.78, 5) is 4.21. The number of methoxy groups -OCH3 is 1. The van der Waals surface area contributed by atoms with Crippen LogP contribution in [0.3, 0.4) is 0 Å². The predicted octanol–water partition coefficient (Wildman–Crippen LogP) is 1.49. The summed E-state index contributed by atoms with van der Waals surface area (Å²) in [6.45, 7) is 7.85. The van der Waals surface area contributed by atoms with Gasteiger partial charge in [-0.25, -0.2) is 0 Å². The molecule has 0 aliphatic heterocycles. The molecule has 1 rings (SSSR count). The van der Waals surface area contributed by atoms with Crippen LogP contribution in [0.1, 0.15) is 26.6 Å². The highest BCUT2D eigenvalue weighted by Crippen LogP contribution is 2.11. The first-order chi connectivity index (χ1) is 8.01. The highest BCUT2D eigenvalue weighted by molar-refractivity contribution is 5.22. The molecule has 0 fully saturated rings. The van der Waals surface area contributed by atoms with E-state index in [9.17, 15) is 0 Å². The molecule has 1 aromatic heterocycles. The summed E-state index contributed by atoms with van der Waals surface area (Å²) in [5.41, 5.74) is -0.0846. The lowest BCUT2D eigenvalue weighted by atomic mass is 10.1. The summed E-state index contributed by atoms with van der Waals surface area (Å²) in [5.74, 6) is 0.647. The first-order valence-electron chi connectivity index (χ1n) is 5.69. The Kier molecular flexibility index (Phi) is 5.37. The van der Waals surface area contributed by atoms with Crippen LogP contribution >= 0.6 is 0 Å². The van der Waals surface area contributed by atoms with E-state index in [2.05, 4.69) is 15.5 Å². The van der Waals surface area contributed by atoms with Crippen LogP contribution in [0.2, 0.25) is 0 Å². The first-order valence-corrected chi connectivity index (χ1v) is 5.69. The maximum absolute atomic E-state index is 5.32. The monoisotopic (exact) mass is 243 g/mol. The van der Waals surface area contributed by atoms with Crippen LogP contribution in [0.4, 0.5) is 6.01 Å². The third kappa shape index (κ3) is 6.23. The smallest absolute Gasteiger partial charge is 0.321 e. The van der Waals surface area contributed by atoms with Crippen molar-refractivity contribution in [3.8, 4) is 0 Å². The summed E-state index contributed by atoms with van der Waals surface area (Å²) in [5, 5.41) is 6.97. The van der Waals surface area contributed by atoms with Crippen LogP contribution in [0, 0.1) is 0 Å². The largest absolute Gasteiger partial charge is 0.382 e. The number of hydrogen-bond acceptors (Lipinski definition) is 6. The zero-order chi connectivity index (χ0) is 12.7. The maximum Gasteiger partial charge on any atom is 0.321 e. The Morgan fingerprint density at radius 2 is 2.00 bits per heavy atom. The van der Waals surface area contributed by atoms with Gasteiger partial charge < -0.3 is 19.3 Å². The molecular weight excluding hydrogens is 222 g/mol. The molecule has 0 saturated heterocycles. The van der Waals surface area contributed by atoms with Gasteiger partial charge in [0.05, 0.1) is 19.8 Å². The van der Waals surface area contributed by atoms with Crippen molar-refractivity contribution in [1.82, 2.24) is 10.1 Å². The van der Waals surface area contributed by atoms with Gasteiger partial charge in [0.15, 0.2) is 5.82 Å². The minimum Gasteiger partial charge on any atom is -0.382 e. The highest BCUT2D eigenvalue weighted by atomic mass is 16.5. The molecule has 6 nitrogen and oxygen atoms in total. The lowest BCUT2D eigenvalue weighted by Gasteiger charge is -2.17. The fraction of sp³-hybridized carbons (Fsp3) is 0.818. The molecule has 98 valence electrons. The van der Waals surface area contributed by atoms with E-state index in [1.807, 2.05) is 20.8 Å². The summed E-state index contributed by atoms with van der Waals surface area (Å²) in [6.07, 6.45) is 0.638. The van der Waals surface area contributed by atoms with Gasteiger partial charge in [0, 0.05) is 19.1 Å². The summed E-state index contributed by atoms with van der Waals surface area (Å²) < 4.78 is 15.3. The molecule has 0 radical (unpaired) electrons. The van der Waals surface area contributed by atoms with E-state index in [1.165, 1.54) is 0 Å². The second-order valence-corrected chi connectivity index (χ2v) is 4.75. The Balaban J connectivity index is 2.26. The van der Waals surface area contributed by atoms with Gasteiger partial charge in [-0.3, -0.25) is 0 Å². The molecule has 0 bridgehead atoms. The van der Waals surface area contributed by atoms with Crippen molar-refractivity contribution in [2.24, 2.45) is 0 Å². The Bertz CT molecular complexity index is 320. The van der Waals surface area contributed by atoms with Gasteiger partial charge in [-0.1, -0.05) is 5.16 Å². The Labute approximate surface area is 102 Å². The van der Waals surface area contributed by atoms with E-state index < -0.39 is 0 Å². The van der Waals surface area contributed by atoms with E-state index in [0.717, 1.165) is 0 Å². The van der Waals surface area contributed by atoms with Crippen molar-refractivity contribution in [1.29, 1.82) is 0 Å². The highest BCUT2D eigenvalue weighted by Gasteiger charge is 2.14. The van der Waals surface area contributed by atoms with Gasteiger partial charge >= 0.3 is 6.01 Å². The van der Waals surface area contributed by atoms with E-state index in [1.54, 1.807) is 7.11 Å². The van der Waals surface area contributed by atoms with Crippen molar-refractivity contribution < 1.29 is 14.0 Å².